The van der Waals surface area contributed by atoms with E-state index in [0.717, 1.165) is 11.3 Å². The lowest BCUT2D eigenvalue weighted by Gasteiger charge is -2.37. The van der Waals surface area contributed by atoms with Gasteiger partial charge in [0.15, 0.2) is 0 Å². The van der Waals surface area contributed by atoms with Gasteiger partial charge in [0.2, 0.25) is 11.8 Å². The number of anilines is 1. The number of rotatable bonds is 5. The van der Waals surface area contributed by atoms with Gasteiger partial charge in [0.05, 0.1) is 6.04 Å². The number of amides is 2. The Bertz CT molecular complexity index is 595. The molecule has 132 valence electrons. The Hall–Kier alpha value is -1.92. The van der Waals surface area contributed by atoms with Crippen LogP contribution in [0.4, 0.5) is 5.69 Å². The fourth-order valence-corrected chi connectivity index (χ4v) is 2.81. The van der Waals surface area contributed by atoms with Gasteiger partial charge in [-0.3, -0.25) is 14.5 Å². The summed E-state index contributed by atoms with van der Waals surface area (Å²) in [5, 5.41) is 2.98. The van der Waals surface area contributed by atoms with E-state index >= 15 is 0 Å². The molecule has 1 aliphatic rings. The van der Waals surface area contributed by atoms with Gasteiger partial charge in [-0.2, -0.15) is 0 Å². The largest absolute Gasteiger partial charge is 0.375 e. The first-order valence-corrected chi connectivity index (χ1v) is 8.31. The molecule has 0 aromatic heterocycles. The van der Waals surface area contributed by atoms with Gasteiger partial charge in [-0.1, -0.05) is 6.07 Å². The van der Waals surface area contributed by atoms with Gasteiger partial charge in [-0.25, -0.2) is 0 Å². The van der Waals surface area contributed by atoms with Crippen LogP contribution in [0.15, 0.2) is 18.2 Å². The molecular weight excluding hydrogens is 306 g/mol. The van der Waals surface area contributed by atoms with E-state index in [-0.39, 0.29) is 24.5 Å². The number of nitrogens with one attached hydrogen (secondary N) is 1. The first-order chi connectivity index (χ1) is 11.4. The van der Waals surface area contributed by atoms with E-state index in [0.29, 0.717) is 26.2 Å². The number of aryl methyl sites for hydroxylation is 2. The van der Waals surface area contributed by atoms with Gasteiger partial charge < -0.3 is 15.0 Å². The zero-order chi connectivity index (χ0) is 17.7. The summed E-state index contributed by atoms with van der Waals surface area (Å²) >= 11 is 0. The number of carbonyl (C=O) groups is 2. The van der Waals surface area contributed by atoms with E-state index in [1.807, 2.05) is 39.0 Å². The van der Waals surface area contributed by atoms with Gasteiger partial charge >= 0.3 is 0 Å². The van der Waals surface area contributed by atoms with Crippen molar-refractivity contribution in [3.63, 3.8) is 0 Å². The summed E-state index contributed by atoms with van der Waals surface area (Å²) < 4.78 is 4.88. The van der Waals surface area contributed by atoms with Crippen LogP contribution in [-0.4, -0.2) is 67.6 Å². The molecule has 1 saturated heterocycles. The number of hydrogen-bond acceptors (Lipinski definition) is 4. The van der Waals surface area contributed by atoms with Crippen molar-refractivity contribution in [1.29, 1.82) is 0 Å². The Kier molecular flexibility index (Phi) is 6.34. The lowest BCUT2D eigenvalue weighted by atomic mass is 10.1. The predicted octanol–water partition coefficient (Wildman–Crippen LogP) is 1.42. The number of benzene rings is 1. The molecule has 1 aromatic rings. The third-order valence-electron chi connectivity index (χ3n) is 4.64. The second-order valence-corrected chi connectivity index (χ2v) is 6.31. The second-order valence-electron chi connectivity index (χ2n) is 6.31. The number of piperazine rings is 1. The van der Waals surface area contributed by atoms with Crippen molar-refractivity contribution in [1.82, 2.24) is 9.80 Å². The molecule has 24 heavy (non-hydrogen) atoms. The SMILES string of the molecule is COCC(=O)N1CCN(C(C)C(=O)Nc2ccc(C)c(C)c2)CC1. The summed E-state index contributed by atoms with van der Waals surface area (Å²) in [6, 6.07) is 5.69. The maximum atomic E-state index is 12.5. The highest BCUT2D eigenvalue weighted by molar-refractivity contribution is 5.94. The van der Waals surface area contributed by atoms with E-state index in [1.165, 1.54) is 12.7 Å². The Labute approximate surface area is 143 Å². The monoisotopic (exact) mass is 333 g/mol. The molecule has 1 unspecified atom stereocenters. The van der Waals surface area contributed by atoms with Crippen molar-refractivity contribution in [2.24, 2.45) is 0 Å². The lowest BCUT2D eigenvalue weighted by Crippen LogP contribution is -2.54. The van der Waals surface area contributed by atoms with Crippen molar-refractivity contribution < 1.29 is 14.3 Å². The van der Waals surface area contributed by atoms with Gasteiger partial charge in [-0.05, 0) is 44.0 Å². The van der Waals surface area contributed by atoms with E-state index in [4.69, 9.17) is 4.74 Å². The van der Waals surface area contributed by atoms with Crippen LogP contribution < -0.4 is 5.32 Å². The van der Waals surface area contributed by atoms with Crippen molar-refractivity contribution in [2.75, 3.05) is 45.2 Å². The molecular formula is C18H27N3O3. The first-order valence-electron chi connectivity index (χ1n) is 8.31. The van der Waals surface area contributed by atoms with Crippen LogP contribution in [0.2, 0.25) is 0 Å². The molecule has 1 fully saturated rings. The molecule has 2 amide bonds. The number of nitrogens with zero attached hydrogens (tertiary/aromatic N) is 2. The van der Waals surface area contributed by atoms with Crippen LogP contribution in [0.25, 0.3) is 0 Å². The lowest BCUT2D eigenvalue weighted by molar-refractivity contribution is -0.137. The summed E-state index contributed by atoms with van der Waals surface area (Å²) in [4.78, 5) is 28.2. The minimum atomic E-state index is -0.230. The average molecular weight is 333 g/mol. The van der Waals surface area contributed by atoms with Crippen LogP contribution >= 0.6 is 0 Å². The van der Waals surface area contributed by atoms with Gasteiger partial charge in [0.1, 0.15) is 6.61 Å². The minimum absolute atomic E-state index is 0.00406. The summed E-state index contributed by atoms with van der Waals surface area (Å²) in [6.45, 7) is 8.74. The van der Waals surface area contributed by atoms with Gasteiger partial charge in [0, 0.05) is 39.0 Å². The molecule has 1 aliphatic heterocycles. The van der Waals surface area contributed by atoms with Crippen LogP contribution in [0.3, 0.4) is 0 Å². The normalized spacial score (nSPS) is 16.8. The number of hydrogen-bond donors (Lipinski definition) is 1. The zero-order valence-corrected chi connectivity index (χ0v) is 15.0. The molecule has 0 aliphatic carbocycles. The third-order valence-corrected chi connectivity index (χ3v) is 4.64. The van der Waals surface area contributed by atoms with Crippen molar-refractivity contribution in [3.8, 4) is 0 Å². The number of methoxy groups -OCH3 is 1. The molecule has 0 saturated carbocycles. The summed E-state index contributed by atoms with van der Waals surface area (Å²) in [6.07, 6.45) is 0. The zero-order valence-electron chi connectivity index (χ0n) is 15.0. The van der Waals surface area contributed by atoms with Gasteiger partial charge in [0.25, 0.3) is 0 Å². The van der Waals surface area contributed by atoms with E-state index < -0.39 is 0 Å². The van der Waals surface area contributed by atoms with Crippen molar-refractivity contribution in [3.05, 3.63) is 29.3 Å². The minimum Gasteiger partial charge on any atom is -0.375 e. The molecule has 1 atom stereocenters. The van der Waals surface area contributed by atoms with E-state index in [2.05, 4.69) is 10.2 Å². The Balaban J connectivity index is 1.87. The van der Waals surface area contributed by atoms with E-state index in [9.17, 15) is 9.59 Å². The highest BCUT2D eigenvalue weighted by Crippen LogP contribution is 2.15. The van der Waals surface area contributed by atoms with Crippen LogP contribution in [-0.2, 0) is 14.3 Å². The predicted molar refractivity (Wildman–Crippen MR) is 94.0 cm³/mol. The average Bonchev–Trinajstić information content (AvgIpc) is 2.58. The van der Waals surface area contributed by atoms with Crippen LogP contribution in [0.5, 0.6) is 0 Å². The van der Waals surface area contributed by atoms with Crippen LogP contribution in [0.1, 0.15) is 18.1 Å². The molecule has 0 spiro atoms. The third kappa shape index (κ3) is 4.55. The fraction of sp³-hybridized carbons (Fsp3) is 0.556. The molecule has 6 heteroatoms. The maximum absolute atomic E-state index is 12.5. The fourth-order valence-electron chi connectivity index (χ4n) is 2.81. The molecule has 1 aromatic carbocycles. The molecule has 1 N–H and O–H groups in total. The first kappa shape index (κ1) is 18.4. The van der Waals surface area contributed by atoms with Crippen LogP contribution in [0, 0.1) is 13.8 Å². The molecule has 2 rings (SSSR count). The standard InChI is InChI=1S/C18H27N3O3/c1-13-5-6-16(11-14(13)2)19-18(23)15(3)20-7-9-21(10-8-20)17(22)12-24-4/h5-6,11,15H,7-10,12H2,1-4H3,(H,19,23). The Morgan fingerprint density at radius 2 is 1.83 bits per heavy atom. The molecule has 0 radical (unpaired) electrons. The van der Waals surface area contributed by atoms with E-state index in [1.54, 1.807) is 4.90 Å². The summed E-state index contributed by atoms with van der Waals surface area (Å²) in [5.41, 5.74) is 3.19. The quantitative estimate of drug-likeness (QED) is 0.885. The number of ether oxygens (including phenoxy) is 1. The summed E-state index contributed by atoms with van der Waals surface area (Å²) in [7, 11) is 1.52. The summed E-state index contributed by atoms with van der Waals surface area (Å²) in [5.74, 6) is -0.0145. The smallest absolute Gasteiger partial charge is 0.248 e. The molecule has 6 nitrogen and oxygen atoms in total. The van der Waals surface area contributed by atoms with Crippen molar-refractivity contribution in [2.45, 2.75) is 26.8 Å². The highest BCUT2D eigenvalue weighted by atomic mass is 16.5. The molecule has 0 bridgehead atoms. The highest BCUT2D eigenvalue weighted by Gasteiger charge is 2.27. The Morgan fingerprint density at radius 3 is 2.42 bits per heavy atom. The Morgan fingerprint density at radius 1 is 1.17 bits per heavy atom. The maximum Gasteiger partial charge on any atom is 0.248 e. The number of carbonyl (C=O) groups excluding carboxylic acids is 2. The van der Waals surface area contributed by atoms with Gasteiger partial charge in [-0.15, -0.1) is 0 Å². The topological polar surface area (TPSA) is 61.9 Å². The second kappa shape index (κ2) is 8.26. The van der Waals surface area contributed by atoms with Crippen molar-refractivity contribution >= 4 is 17.5 Å². The molecule has 1 heterocycles.